The molecule has 1 aliphatic rings. The van der Waals surface area contributed by atoms with Gasteiger partial charge in [0.15, 0.2) is 0 Å². The van der Waals surface area contributed by atoms with Gasteiger partial charge in [0.05, 0.1) is 21.1 Å². The quantitative estimate of drug-likeness (QED) is 0.624. The molecule has 2 aromatic carbocycles. The van der Waals surface area contributed by atoms with Crippen molar-refractivity contribution < 1.29 is 18.1 Å². The molecule has 0 radical (unpaired) electrons. The second-order valence-electron chi connectivity index (χ2n) is 6.36. The number of nitro benzene ring substituents is 1. The van der Waals surface area contributed by atoms with Crippen molar-refractivity contribution in [1.82, 2.24) is 4.90 Å². The molecule has 0 unspecified atom stereocenters. The van der Waals surface area contributed by atoms with E-state index in [1.165, 1.54) is 18.2 Å². The first-order valence-electron chi connectivity index (χ1n) is 8.46. The second kappa shape index (κ2) is 7.36. The maximum atomic E-state index is 12.8. The van der Waals surface area contributed by atoms with Gasteiger partial charge in [-0.1, -0.05) is 18.2 Å². The molecular weight excluding hydrogens is 370 g/mol. The molecule has 0 atom stereocenters. The van der Waals surface area contributed by atoms with E-state index in [4.69, 9.17) is 0 Å². The van der Waals surface area contributed by atoms with Gasteiger partial charge in [0, 0.05) is 25.2 Å². The summed E-state index contributed by atoms with van der Waals surface area (Å²) in [4.78, 5) is 24.5. The first kappa shape index (κ1) is 18.8. The summed E-state index contributed by atoms with van der Waals surface area (Å²) in [6, 6.07) is 10.0. The van der Waals surface area contributed by atoms with E-state index in [1.54, 1.807) is 30.0 Å². The van der Waals surface area contributed by atoms with Crippen LogP contribution in [0.1, 0.15) is 28.8 Å². The number of rotatable bonds is 5. The molecule has 8 nitrogen and oxygen atoms in total. The highest BCUT2D eigenvalue weighted by molar-refractivity contribution is 7.92. The number of amides is 1. The topological polar surface area (TPSA) is 110 Å². The smallest absolute Gasteiger partial charge is 0.270 e. The Morgan fingerprint density at radius 1 is 1.15 bits per heavy atom. The minimum absolute atomic E-state index is 0.153. The summed E-state index contributed by atoms with van der Waals surface area (Å²) in [6.45, 7) is 2.84. The summed E-state index contributed by atoms with van der Waals surface area (Å²) in [5.41, 5.74) is 0.463. The molecule has 2 aromatic rings. The fourth-order valence-electron chi connectivity index (χ4n) is 3.04. The minimum atomic E-state index is -4.10. The number of likely N-dealkylation sites (tertiary alicyclic amines) is 1. The number of aryl methyl sites for hydroxylation is 1. The number of hydrogen-bond acceptors (Lipinski definition) is 5. The van der Waals surface area contributed by atoms with Crippen molar-refractivity contribution >= 4 is 27.3 Å². The van der Waals surface area contributed by atoms with E-state index in [1.807, 2.05) is 0 Å². The van der Waals surface area contributed by atoms with Crippen molar-refractivity contribution in [3.8, 4) is 0 Å². The Bertz CT molecular complexity index is 998. The van der Waals surface area contributed by atoms with E-state index in [9.17, 15) is 23.3 Å². The average Bonchev–Trinajstić information content (AvgIpc) is 3.16. The molecule has 1 N–H and O–H groups in total. The van der Waals surface area contributed by atoms with Crippen LogP contribution in [-0.2, 0) is 10.0 Å². The van der Waals surface area contributed by atoms with Crippen molar-refractivity contribution in [3.05, 3.63) is 63.7 Å². The number of sulfonamides is 1. The van der Waals surface area contributed by atoms with Gasteiger partial charge in [-0.15, -0.1) is 0 Å². The molecule has 27 heavy (non-hydrogen) atoms. The molecule has 0 saturated carbocycles. The number of benzene rings is 2. The minimum Gasteiger partial charge on any atom is -0.339 e. The van der Waals surface area contributed by atoms with Gasteiger partial charge in [0.2, 0.25) is 0 Å². The zero-order valence-corrected chi connectivity index (χ0v) is 15.5. The summed E-state index contributed by atoms with van der Waals surface area (Å²) < 4.78 is 28.1. The van der Waals surface area contributed by atoms with Crippen molar-refractivity contribution in [2.75, 3.05) is 17.8 Å². The number of nitrogens with zero attached hydrogens (tertiary/aromatic N) is 2. The van der Waals surface area contributed by atoms with Gasteiger partial charge < -0.3 is 4.90 Å². The average molecular weight is 389 g/mol. The first-order valence-corrected chi connectivity index (χ1v) is 9.94. The third-order valence-electron chi connectivity index (χ3n) is 4.47. The Morgan fingerprint density at radius 3 is 2.48 bits per heavy atom. The Labute approximate surface area is 157 Å². The standard InChI is InChI=1S/C18H19N3O5S/c1-13-8-9-14(21(23)24)12-17(13)27(25,26)19-16-7-3-2-6-15(16)18(22)20-10-4-5-11-20/h2-3,6-9,12,19H,4-5,10-11H2,1H3. The molecular formula is C18H19N3O5S. The lowest BCUT2D eigenvalue weighted by Gasteiger charge is -2.18. The summed E-state index contributed by atoms with van der Waals surface area (Å²) in [6.07, 6.45) is 1.85. The predicted octanol–water partition coefficient (Wildman–Crippen LogP) is 2.94. The van der Waals surface area contributed by atoms with Gasteiger partial charge in [-0.2, -0.15) is 0 Å². The van der Waals surface area contributed by atoms with Crippen LogP contribution in [0, 0.1) is 17.0 Å². The fourth-order valence-corrected chi connectivity index (χ4v) is 4.39. The molecule has 1 saturated heterocycles. The predicted molar refractivity (Wildman–Crippen MR) is 100 cm³/mol. The van der Waals surface area contributed by atoms with E-state index >= 15 is 0 Å². The highest BCUT2D eigenvalue weighted by atomic mass is 32.2. The molecule has 1 heterocycles. The lowest BCUT2D eigenvalue weighted by Crippen LogP contribution is -2.29. The third-order valence-corrected chi connectivity index (χ3v) is 5.97. The van der Waals surface area contributed by atoms with Gasteiger partial charge in [-0.3, -0.25) is 19.6 Å². The number of carbonyl (C=O) groups excluding carboxylic acids is 1. The van der Waals surface area contributed by atoms with E-state index < -0.39 is 14.9 Å². The first-order chi connectivity index (χ1) is 12.8. The SMILES string of the molecule is Cc1ccc([N+](=O)[O-])cc1S(=O)(=O)Nc1ccccc1C(=O)N1CCCC1. The van der Waals surface area contributed by atoms with Crippen LogP contribution in [0.5, 0.6) is 0 Å². The van der Waals surface area contributed by atoms with Crippen LogP contribution in [0.3, 0.4) is 0 Å². The van der Waals surface area contributed by atoms with E-state index in [-0.39, 0.29) is 27.7 Å². The highest BCUT2D eigenvalue weighted by Crippen LogP contribution is 2.26. The van der Waals surface area contributed by atoms with Crippen LogP contribution in [0.4, 0.5) is 11.4 Å². The van der Waals surface area contributed by atoms with E-state index in [0.29, 0.717) is 18.7 Å². The molecule has 1 fully saturated rings. The number of para-hydroxylation sites is 1. The van der Waals surface area contributed by atoms with Gasteiger partial charge in [0.1, 0.15) is 0 Å². The maximum Gasteiger partial charge on any atom is 0.270 e. The Kier molecular flexibility index (Phi) is 5.13. The van der Waals surface area contributed by atoms with Crippen LogP contribution in [0.15, 0.2) is 47.4 Å². The largest absolute Gasteiger partial charge is 0.339 e. The molecule has 142 valence electrons. The molecule has 0 bridgehead atoms. The van der Waals surface area contributed by atoms with Crippen LogP contribution in [0.2, 0.25) is 0 Å². The van der Waals surface area contributed by atoms with Gasteiger partial charge in [0.25, 0.3) is 21.6 Å². The van der Waals surface area contributed by atoms with Crippen LogP contribution < -0.4 is 4.72 Å². The molecule has 9 heteroatoms. The normalized spacial score (nSPS) is 14.2. The Hall–Kier alpha value is -2.94. The van der Waals surface area contributed by atoms with Crippen molar-refractivity contribution in [2.24, 2.45) is 0 Å². The van der Waals surface area contributed by atoms with Gasteiger partial charge in [-0.25, -0.2) is 8.42 Å². The zero-order chi connectivity index (χ0) is 19.6. The third kappa shape index (κ3) is 3.92. The lowest BCUT2D eigenvalue weighted by molar-refractivity contribution is -0.385. The number of anilines is 1. The molecule has 1 amide bonds. The van der Waals surface area contributed by atoms with Crippen molar-refractivity contribution in [1.29, 1.82) is 0 Å². The Balaban J connectivity index is 1.97. The zero-order valence-electron chi connectivity index (χ0n) is 14.7. The van der Waals surface area contributed by atoms with Crippen LogP contribution >= 0.6 is 0 Å². The maximum absolute atomic E-state index is 12.8. The molecule has 0 aromatic heterocycles. The number of non-ortho nitro benzene ring substituents is 1. The Morgan fingerprint density at radius 2 is 1.81 bits per heavy atom. The monoisotopic (exact) mass is 389 g/mol. The molecule has 0 spiro atoms. The fraction of sp³-hybridized carbons (Fsp3) is 0.278. The van der Waals surface area contributed by atoms with E-state index in [0.717, 1.165) is 18.9 Å². The van der Waals surface area contributed by atoms with Crippen LogP contribution in [-0.4, -0.2) is 37.2 Å². The van der Waals surface area contributed by atoms with Crippen molar-refractivity contribution in [2.45, 2.75) is 24.7 Å². The number of carbonyl (C=O) groups is 1. The summed E-state index contributed by atoms with van der Waals surface area (Å²) in [5, 5.41) is 11.0. The summed E-state index contributed by atoms with van der Waals surface area (Å²) >= 11 is 0. The van der Waals surface area contributed by atoms with Gasteiger partial charge in [-0.05, 0) is 37.5 Å². The number of hydrogen-bond donors (Lipinski definition) is 1. The molecule has 1 aliphatic heterocycles. The molecule has 3 rings (SSSR count). The van der Waals surface area contributed by atoms with Crippen LogP contribution in [0.25, 0.3) is 0 Å². The van der Waals surface area contributed by atoms with Gasteiger partial charge >= 0.3 is 0 Å². The highest BCUT2D eigenvalue weighted by Gasteiger charge is 2.25. The molecule has 0 aliphatic carbocycles. The number of nitro groups is 1. The second-order valence-corrected chi connectivity index (χ2v) is 8.01. The summed E-state index contributed by atoms with van der Waals surface area (Å²) in [5.74, 6) is -0.235. The number of nitrogens with one attached hydrogen (secondary N) is 1. The van der Waals surface area contributed by atoms with E-state index in [2.05, 4.69) is 4.72 Å². The lowest BCUT2D eigenvalue weighted by atomic mass is 10.1. The van der Waals surface area contributed by atoms with Crippen molar-refractivity contribution in [3.63, 3.8) is 0 Å². The summed E-state index contributed by atoms with van der Waals surface area (Å²) in [7, 11) is -4.10.